The molecule has 0 radical (unpaired) electrons. The van der Waals surface area contributed by atoms with E-state index in [0.717, 1.165) is 0 Å². The molecule has 2 N–H and O–H groups in total. The molecule has 0 aliphatic heterocycles. The third-order valence-corrected chi connectivity index (χ3v) is 2.51. The van der Waals surface area contributed by atoms with Crippen molar-refractivity contribution in [3.63, 3.8) is 0 Å². The minimum Gasteiger partial charge on any atom is -0.481 e. The Bertz CT molecular complexity index is 355. The van der Waals surface area contributed by atoms with Crippen molar-refractivity contribution in [2.75, 3.05) is 7.05 Å². The fourth-order valence-corrected chi connectivity index (χ4v) is 1.67. The molecule has 16 heavy (non-hydrogen) atoms. The predicted molar refractivity (Wildman–Crippen MR) is 59.7 cm³/mol. The van der Waals surface area contributed by atoms with Crippen LogP contribution in [0.2, 0.25) is 0 Å². The SMILES string of the molecule is CNC(CCCC(=O)O)c1ccccc1F. The standard InChI is InChI=1S/C12H16FNO2/c1-14-11(7-4-8-12(15)16)9-5-2-3-6-10(9)13/h2-3,5-6,11,14H,4,7-8H2,1H3,(H,15,16). The lowest BCUT2D eigenvalue weighted by atomic mass is 10.0. The van der Waals surface area contributed by atoms with Gasteiger partial charge < -0.3 is 10.4 Å². The van der Waals surface area contributed by atoms with Gasteiger partial charge in [0.15, 0.2) is 0 Å². The summed E-state index contributed by atoms with van der Waals surface area (Å²) in [5, 5.41) is 11.5. The number of benzene rings is 1. The number of carbonyl (C=O) groups is 1. The van der Waals surface area contributed by atoms with Crippen molar-refractivity contribution in [3.05, 3.63) is 35.6 Å². The summed E-state index contributed by atoms with van der Waals surface area (Å²) in [6.45, 7) is 0. The molecule has 0 aromatic heterocycles. The first-order valence-electron chi connectivity index (χ1n) is 5.28. The van der Waals surface area contributed by atoms with Crippen LogP contribution in [0.25, 0.3) is 0 Å². The second-order valence-electron chi connectivity index (χ2n) is 3.65. The first-order valence-corrected chi connectivity index (χ1v) is 5.28. The highest BCUT2D eigenvalue weighted by molar-refractivity contribution is 5.66. The average molecular weight is 225 g/mol. The number of aliphatic carboxylic acids is 1. The van der Waals surface area contributed by atoms with Crippen LogP contribution >= 0.6 is 0 Å². The lowest BCUT2D eigenvalue weighted by molar-refractivity contribution is -0.137. The van der Waals surface area contributed by atoms with Gasteiger partial charge in [0, 0.05) is 18.0 Å². The molecule has 0 aliphatic rings. The Morgan fingerprint density at radius 1 is 1.50 bits per heavy atom. The highest BCUT2D eigenvalue weighted by atomic mass is 19.1. The van der Waals surface area contributed by atoms with Crippen LogP contribution in [0.4, 0.5) is 4.39 Å². The highest BCUT2D eigenvalue weighted by Gasteiger charge is 2.13. The van der Waals surface area contributed by atoms with E-state index < -0.39 is 5.97 Å². The molecular formula is C12H16FNO2. The molecule has 3 nitrogen and oxygen atoms in total. The number of rotatable bonds is 6. The summed E-state index contributed by atoms with van der Waals surface area (Å²) < 4.78 is 13.5. The average Bonchev–Trinajstić information content (AvgIpc) is 2.25. The zero-order chi connectivity index (χ0) is 12.0. The molecule has 0 saturated heterocycles. The third kappa shape index (κ3) is 3.62. The van der Waals surface area contributed by atoms with Gasteiger partial charge in [-0.1, -0.05) is 18.2 Å². The van der Waals surface area contributed by atoms with Crippen LogP contribution in [0.15, 0.2) is 24.3 Å². The van der Waals surface area contributed by atoms with Gasteiger partial charge in [-0.15, -0.1) is 0 Å². The second-order valence-corrected chi connectivity index (χ2v) is 3.65. The summed E-state index contributed by atoms with van der Waals surface area (Å²) >= 11 is 0. The summed E-state index contributed by atoms with van der Waals surface area (Å²) in [5.74, 6) is -1.07. The predicted octanol–water partition coefficient (Wildman–Crippen LogP) is 2.34. The molecule has 4 heteroatoms. The van der Waals surface area contributed by atoms with Gasteiger partial charge in [0.1, 0.15) is 5.82 Å². The Balaban J connectivity index is 2.60. The smallest absolute Gasteiger partial charge is 0.303 e. The van der Waals surface area contributed by atoms with Crippen molar-refractivity contribution < 1.29 is 14.3 Å². The van der Waals surface area contributed by atoms with E-state index in [1.54, 1.807) is 25.2 Å². The summed E-state index contributed by atoms with van der Waals surface area (Å²) in [4.78, 5) is 10.4. The van der Waals surface area contributed by atoms with Crippen molar-refractivity contribution >= 4 is 5.97 Å². The van der Waals surface area contributed by atoms with Gasteiger partial charge in [0.05, 0.1) is 0 Å². The number of hydrogen-bond acceptors (Lipinski definition) is 2. The monoisotopic (exact) mass is 225 g/mol. The fourth-order valence-electron chi connectivity index (χ4n) is 1.67. The third-order valence-electron chi connectivity index (χ3n) is 2.51. The Kier molecular flexibility index (Phi) is 4.92. The molecule has 1 unspecified atom stereocenters. The number of nitrogens with one attached hydrogen (secondary N) is 1. The molecule has 1 aromatic rings. The molecule has 0 aliphatic carbocycles. The van der Waals surface area contributed by atoms with E-state index in [1.807, 2.05) is 0 Å². The first-order chi connectivity index (χ1) is 7.65. The quantitative estimate of drug-likeness (QED) is 0.781. The summed E-state index contributed by atoms with van der Waals surface area (Å²) in [5.41, 5.74) is 0.593. The van der Waals surface area contributed by atoms with Crippen LogP contribution in [0.3, 0.4) is 0 Å². The van der Waals surface area contributed by atoms with Gasteiger partial charge >= 0.3 is 5.97 Å². The largest absolute Gasteiger partial charge is 0.481 e. The topological polar surface area (TPSA) is 49.3 Å². The van der Waals surface area contributed by atoms with Crippen LogP contribution in [-0.4, -0.2) is 18.1 Å². The van der Waals surface area contributed by atoms with Crippen LogP contribution in [0, 0.1) is 5.82 Å². The van der Waals surface area contributed by atoms with E-state index in [4.69, 9.17) is 5.11 Å². The van der Waals surface area contributed by atoms with E-state index in [0.29, 0.717) is 18.4 Å². The number of carboxylic acid groups (broad SMARTS) is 1. The molecule has 1 aromatic carbocycles. The van der Waals surface area contributed by atoms with Crippen molar-refractivity contribution in [2.45, 2.75) is 25.3 Å². The van der Waals surface area contributed by atoms with Crippen LogP contribution in [0.5, 0.6) is 0 Å². The fraction of sp³-hybridized carbons (Fsp3) is 0.417. The molecule has 88 valence electrons. The van der Waals surface area contributed by atoms with Gasteiger partial charge in [-0.05, 0) is 26.0 Å². The maximum absolute atomic E-state index is 13.5. The van der Waals surface area contributed by atoms with E-state index in [1.165, 1.54) is 6.07 Å². The summed E-state index contributed by atoms with van der Waals surface area (Å²) in [6.07, 6.45) is 1.27. The number of halogens is 1. The molecule has 0 fully saturated rings. The van der Waals surface area contributed by atoms with Crippen LogP contribution < -0.4 is 5.32 Å². The van der Waals surface area contributed by atoms with Crippen LogP contribution in [0.1, 0.15) is 30.9 Å². The van der Waals surface area contributed by atoms with Crippen molar-refractivity contribution in [1.29, 1.82) is 0 Å². The molecule has 0 saturated carbocycles. The van der Waals surface area contributed by atoms with E-state index in [2.05, 4.69) is 5.32 Å². The minimum atomic E-state index is -0.816. The molecular weight excluding hydrogens is 209 g/mol. The van der Waals surface area contributed by atoms with Crippen molar-refractivity contribution in [3.8, 4) is 0 Å². The molecule has 0 heterocycles. The first kappa shape index (κ1) is 12.6. The Labute approximate surface area is 94.3 Å². The van der Waals surface area contributed by atoms with E-state index in [-0.39, 0.29) is 18.3 Å². The number of carboxylic acids is 1. The van der Waals surface area contributed by atoms with E-state index >= 15 is 0 Å². The maximum atomic E-state index is 13.5. The van der Waals surface area contributed by atoms with E-state index in [9.17, 15) is 9.18 Å². The van der Waals surface area contributed by atoms with Crippen LogP contribution in [-0.2, 0) is 4.79 Å². The highest BCUT2D eigenvalue weighted by Crippen LogP contribution is 2.21. The molecule has 0 bridgehead atoms. The minimum absolute atomic E-state index is 0.118. The van der Waals surface area contributed by atoms with Gasteiger partial charge in [0.25, 0.3) is 0 Å². The lowest BCUT2D eigenvalue weighted by Crippen LogP contribution is -2.18. The lowest BCUT2D eigenvalue weighted by Gasteiger charge is -2.16. The second kappa shape index (κ2) is 6.23. The van der Waals surface area contributed by atoms with Gasteiger partial charge in [-0.3, -0.25) is 4.79 Å². The zero-order valence-electron chi connectivity index (χ0n) is 9.24. The normalized spacial score (nSPS) is 12.4. The summed E-state index contributed by atoms with van der Waals surface area (Å²) in [6, 6.07) is 6.43. The summed E-state index contributed by atoms with van der Waals surface area (Å²) in [7, 11) is 1.75. The molecule has 1 rings (SSSR count). The molecule has 0 amide bonds. The molecule has 0 spiro atoms. The maximum Gasteiger partial charge on any atom is 0.303 e. The van der Waals surface area contributed by atoms with Gasteiger partial charge in [0.2, 0.25) is 0 Å². The van der Waals surface area contributed by atoms with Gasteiger partial charge in [-0.25, -0.2) is 4.39 Å². The van der Waals surface area contributed by atoms with Gasteiger partial charge in [-0.2, -0.15) is 0 Å². The van der Waals surface area contributed by atoms with Crippen molar-refractivity contribution in [2.24, 2.45) is 0 Å². The zero-order valence-corrected chi connectivity index (χ0v) is 9.24. The Morgan fingerprint density at radius 2 is 2.19 bits per heavy atom. The molecule has 1 atom stereocenters. The van der Waals surface area contributed by atoms with Crippen molar-refractivity contribution in [1.82, 2.24) is 5.32 Å². The Morgan fingerprint density at radius 3 is 2.75 bits per heavy atom. The Hall–Kier alpha value is -1.42. The number of hydrogen-bond donors (Lipinski definition) is 2.